The Hall–Kier alpha value is -2.77. The van der Waals surface area contributed by atoms with Crippen LogP contribution in [0.25, 0.3) is 10.2 Å². The monoisotopic (exact) mass is 421 g/mol. The quantitative estimate of drug-likeness (QED) is 0.600. The SMILES string of the molecule is COc1cccc(N2C(=O)C[C@H](N3CCC[C@@H](c4nc5ccccc5s4)C3)C2=O)c1. The van der Waals surface area contributed by atoms with Crippen LogP contribution in [0.5, 0.6) is 5.75 Å². The second kappa shape index (κ2) is 7.81. The molecule has 2 saturated heterocycles. The average Bonchev–Trinajstić information content (AvgIpc) is 3.34. The number of hydrogen-bond donors (Lipinski definition) is 0. The second-order valence-corrected chi connectivity index (χ2v) is 8.90. The Morgan fingerprint density at radius 1 is 1.13 bits per heavy atom. The van der Waals surface area contributed by atoms with Crippen molar-refractivity contribution in [3.05, 3.63) is 53.5 Å². The number of benzene rings is 2. The number of piperidine rings is 1. The van der Waals surface area contributed by atoms with Crippen LogP contribution >= 0.6 is 11.3 Å². The third-order valence-corrected chi connectivity index (χ3v) is 7.19. The summed E-state index contributed by atoms with van der Waals surface area (Å²) in [6.45, 7) is 1.59. The molecule has 3 heterocycles. The van der Waals surface area contributed by atoms with Gasteiger partial charge in [0.05, 0.1) is 40.5 Å². The number of amides is 2. The van der Waals surface area contributed by atoms with Crippen molar-refractivity contribution < 1.29 is 14.3 Å². The van der Waals surface area contributed by atoms with Gasteiger partial charge >= 0.3 is 0 Å². The van der Waals surface area contributed by atoms with Crippen LogP contribution in [0.1, 0.15) is 30.2 Å². The van der Waals surface area contributed by atoms with Gasteiger partial charge in [0.15, 0.2) is 0 Å². The van der Waals surface area contributed by atoms with Crippen LogP contribution < -0.4 is 9.64 Å². The van der Waals surface area contributed by atoms with Crippen LogP contribution in [0.3, 0.4) is 0 Å². The number of hydrogen-bond acceptors (Lipinski definition) is 6. The highest BCUT2D eigenvalue weighted by molar-refractivity contribution is 7.18. The number of fused-ring (bicyclic) bond motifs is 1. The number of anilines is 1. The van der Waals surface area contributed by atoms with Gasteiger partial charge in [-0.05, 0) is 43.7 Å². The van der Waals surface area contributed by atoms with Crippen molar-refractivity contribution in [3.8, 4) is 5.75 Å². The molecule has 0 radical (unpaired) electrons. The maximum absolute atomic E-state index is 13.2. The van der Waals surface area contributed by atoms with E-state index in [0.717, 1.165) is 36.5 Å². The number of aromatic nitrogens is 1. The first-order chi connectivity index (χ1) is 14.6. The molecule has 0 N–H and O–H groups in total. The van der Waals surface area contributed by atoms with Crippen molar-refractivity contribution in [1.82, 2.24) is 9.88 Å². The van der Waals surface area contributed by atoms with E-state index in [2.05, 4.69) is 11.0 Å². The lowest BCUT2D eigenvalue weighted by Gasteiger charge is -2.34. The maximum Gasteiger partial charge on any atom is 0.251 e. The molecule has 30 heavy (non-hydrogen) atoms. The molecule has 2 fully saturated rings. The standard InChI is InChI=1S/C23H23N3O3S/c1-29-17-8-4-7-16(12-17)26-21(27)13-19(23(26)28)25-11-5-6-15(14-25)22-24-18-9-2-3-10-20(18)30-22/h2-4,7-10,12,15,19H,5-6,11,13-14H2,1H3/t15-,19+/m1/s1. The van der Waals surface area contributed by atoms with E-state index in [9.17, 15) is 9.59 Å². The lowest BCUT2D eigenvalue weighted by molar-refractivity contribution is -0.123. The van der Waals surface area contributed by atoms with Gasteiger partial charge in [-0.3, -0.25) is 14.5 Å². The molecule has 0 aliphatic carbocycles. The summed E-state index contributed by atoms with van der Waals surface area (Å²) in [5, 5.41) is 1.13. The zero-order valence-corrected chi connectivity index (χ0v) is 17.6. The number of thiazole rings is 1. The molecule has 2 amide bonds. The molecule has 2 aliphatic rings. The molecule has 3 aromatic rings. The smallest absolute Gasteiger partial charge is 0.251 e. The van der Waals surface area contributed by atoms with Crippen LogP contribution in [0.4, 0.5) is 5.69 Å². The summed E-state index contributed by atoms with van der Waals surface area (Å²) >= 11 is 1.74. The summed E-state index contributed by atoms with van der Waals surface area (Å²) < 4.78 is 6.45. The predicted octanol–water partition coefficient (Wildman–Crippen LogP) is 3.82. The van der Waals surface area contributed by atoms with E-state index < -0.39 is 6.04 Å². The number of ether oxygens (including phenoxy) is 1. The molecule has 2 atom stereocenters. The minimum absolute atomic E-state index is 0.141. The summed E-state index contributed by atoms with van der Waals surface area (Å²) in [5.74, 6) is 0.633. The van der Waals surface area contributed by atoms with E-state index in [0.29, 0.717) is 17.4 Å². The van der Waals surface area contributed by atoms with Gasteiger partial charge in [0.1, 0.15) is 5.75 Å². The first kappa shape index (κ1) is 19.2. The van der Waals surface area contributed by atoms with Crippen LogP contribution in [-0.2, 0) is 9.59 Å². The minimum atomic E-state index is -0.402. The fourth-order valence-corrected chi connectivity index (χ4v) is 5.57. The number of likely N-dealkylation sites (tertiary alicyclic amines) is 1. The van der Waals surface area contributed by atoms with Crippen molar-refractivity contribution in [3.63, 3.8) is 0 Å². The number of rotatable bonds is 4. The molecule has 2 aliphatic heterocycles. The highest BCUT2D eigenvalue weighted by atomic mass is 32.1. The Morgan fingerprint density at radius 2 is 2.00 bits per heavy atom. The van der Waals surface area contributed by atoms with Gasteiger partial charge in [-0.15, -0.1) is 11.3 Å². The number of imide groups is 1. The van der Waals surface area contributed by atoms with E-state index in [1.165, 1.54) is 9.60 Å². The lowest BCUT2D eigenvalue weighted by atomic mass is 9.97. The minimum Gasteiger partial charge on any atom is -0.497 e. The molecule has 0 saturated carbocycles. The first-order valence-corrected chi connectivity index (χ1v) is 11.1. The Morgan fingerprint density at radius 3 is 2.83 bits per heavy atom. The van der Waals surface area contributed by atoms with Crippen molar-refractivity contribution in [2.75, 3.05) is 25.1 Å². The van der Waals surface area contributed by atoms with E-state index in [4.69, 9.17) is 9.72 Å². The normalized spacial score (nSPS) is 22.8. The molecule has 0 bridgehead atoms. The molecule has 0 spiro atoms. The molecule has 7 heteroatoms. The molecule has 1 aromatic heterocycles. The molecule has 154 valence electrons. The maximum atomic E-state index is 13.2. The zero-order chi connectivity index (χ0) is 20.7. The van der Waals surface area contributed by atoms with Crippen molar-refractivity contribution >= 4 is 39.1 Å². The van der Waals surface area contributed by atoms with E-state index in [-0.39, 0.29) is 18.2 Å². The Labute approximate surface area is 179 Å². The molecular formula is C23H23N3O3S. The number of carbonyl (C=O) groups excluding carboxylic acids is 2. The van der Waals surface area contributed by atoms with Gasteiger partial charge in [0, 0.05) is 18.5 Å². The number of methoxy groups -OCH3 is 1. The third-order valence-electron chi connectivity index (χ3n) is 5.99. The van der Waals surface area contributed by atoms with E-state index in [1.807, 2.05) is 18.2 Å². The van der Waals surface area contributed by atoms with Crippen LogP contribution in [0.2, 0.25) is 0 Å². The van der Waals surface area contributed by atoms with E-state index in [1.54, 1.807) is 42.7 Å². The number of para-hydroxylation sites is 1. The van der Waals surface area contributed by atoms with Crippen molar-refractivity contribution in [1.29, 1.82) is 0 Å². The van der Waals surface area contributed by atoms with Gasteiger partial charge in [0.2, 0.25) is 5.91 Å². The topological polar surface area (TPSA) is 62.7 Å². The predicted molar refractivity (Wildman–Crippen MR) is 117 cm³/mol. The lowest BCUT2D eigenvalue weighted by Crippen LogP contribution is -2.46. The molecule has 0 unspecified atom stereocenters. The largest absolute Gasteiger partial charge is 0.497 e. The fraction of sp³-hybridized carbons (Fsp3) is 0.348. The average molecular weight is 422 g/mol. The van der Waals surface area contributed by atoms with E-state index >= 15 is 0 Å². The van der Waals surface area contributed by atoms with Gasteiger partial charge in [0.25, 0.3) is 5.91 Å². The van der Waals surface area contributed by atoms with Gasteiger partial charge < -0.3 is 4.74 Å². The van der Waals surface area contributed by atoms with Crippen molar-refractivity contribution in [2.24, 2.45) is 0 Å². The van der Waals surface area contributed by atoms with Gasteiger partial charge in [-0.1, -0.05) is 18.2 Å². The van der Waals surface area contributed by atoms with Crippen LogP contribution in [0, 0.1) is 0 Å². The second-order valence-electron chi connectivity index (χ2n) is 7.84. The van der Waals surface area contributed by atoms with Crippen LogP contribution in [-0.4, -0.2) is 47.9 Å². The highest BCUT2D eigenvalue weighted by Gasteiger charge is 2.44. The van der Waals surface area contributed by atoms with Crippen molar-refractivity contribution in [2.45, 2.75) is 31.2 Å². The molecule has 6 nitrogen and oxygen atoms in total. The number of carbonyl (C=O) groups is 2. The highest BCUT2D eigenvalue weighted by Crippen LogP contribution is 2.35. The summed E-state index contributed by atoms with van der Waals surface area (Å²) in [7, 11) is 1.57. The molecular weight excluding hydrogens is 398 g/mol. The Bertz CT molecular complexity index is 1080. The first-order valence-electron chi connectivity index (χ1n) is 10.2. The summed E-state index contributed by atoms with van der Waals surface area (Å²) in [4.78, 5) is 34.3. The Kier molecular flexibility index (Phi) is 5.00. The molecule has 5 rings (SSSR count). The van der Waals surface area contributed by atoms with Crippen LogP contribution in [0.15, 0.2) is 48.5 Å². The van der Waals surface area contributed by atoms with Gasteiger partial charge in [-0.25, -0.2) is 9.88 Å². The fourth-order valence-electron chi connectivity index (χ4n) is 4.48. The Balaban J connectivity index is 1.36. The summed E-state index contributed by atoms with van der Waals surface area (Å²) in [6.07, 6.45) is 2.28. The third kappa shape index (κ3) is 3.38. The molecule has 2 aromatic carbocycles. The summed E-state index contributed by atoms with van der Waals surface area (Å²) in [6, 6.07) is 14.9. The summed E-state index contributed by atoms with van der Waals surface area (Å²) in [5.41, 5.74) is 1.61. The zero-order valence-electron chi connectivity index (χ0n) is 16.8. The van der Waals surface area contributed by atoms with Gasteiger partial charge in [-0.2, -0.15) is 0 Å². The number of nitrogens with zero attached hydrogens (tertiary/aromatic N) is 3.